The first-order valence-corrected chi connectivity index (χ1v) is 5.71. The Morgan fingerprint density at radius 3 is 2.33 bits per heavy atom. The SMILES string of the molecule is COc1ccc(Oc2nc(C)ccc2CN)cc1. The lowest BCUT2D eigenvalue weighted by Gasteiger charge is -2.10. The molecule has 0 aliphatic carbocycles. The summed E-state index contributed by atoms with van der Waals surface area (Å²) >= 11 is 0. The lowest BCUT2D eigenvalue weighted by molar-refractivity contribution is 0.411. The third kappa shape index (κ3) is 2.78. The van der Waals surface area contributed by atoms with Crippen molar-refractivity contribution in [2.75, 3.05) is 7.11 Å². The zero-order chi connectivity index (χ0) is 13.0. The van der Waals surface area contributed by atoms with Crippen LogP contribution in [0.5, 0.6) is 17.4 Å². The van der Waals surface area contributed by atoms with Gasteiger partial charge in [0.1, 0.15) is 11.5 Å². The number of ether oxygens (including phenoxy) is 2. The molecule has 0 atom stereocenters. The average molecular weight is 244 g/mol. The minimum Gasteiger partial charge on any atom is -0.497 e. The fourth-order valence-corrected chi connectivity index (χ4v) is 1.56. The molecule has 1 aromatic heterocycles. The fraction of sp³-hybridized carbons (Fsp3) is 0.214. The number of benzene rings is 1. The number of aryl methyl sites for hydroxylation is 1. The Labute approximate surface area is 106 Å². The third-order valence-electron chi connectivity index (χ3n) is 2.57. The van der Waals surface area contributed by atoms with Crippen LogP contribution in [0.2, 0.25) is 0 Å². The van der Waals surface area contributed by atoms with Crippen molar-refractivity contribution in [2.45, 2.75) is 13.5 Å². The molecule has 0 saturated heterocycles. The molecule has 4 heteroatoms. The molecule has 4 nitrogen and oxygen atoms in total. The Kier molecular flexibility index (Phi) is 3.79. The Hall–Kier alpha value is -2.07. The van der Waals surface area contributed by atoms with Gasteiger partial charge in [0.15, 0.2) is 0 Å². The number of methoxy groups -OCH3 is 1. The van der Waals surface area contributed by atoms with E-state index in [2.05, 4.69) is 4.98 Å². The zero-order valence-corrected chi connectivity index (χ0v) is 10.5. The Morgan fingerprint density at radius 2 is 1.72 bits per heavy atom. The van der Waals surface area contributed by atoms with Crippen molar-refractivity contribution in [1.82, 2.24) is 4.98 Å². The van der Waals surface area contributed by atoms with Gasteiger partial charge in [-0.1, -0.05) is 6.07 Å². The topological polar surface area (TPSA) is 57.4 Å². The molecule has 2 N–H and O–H groups in total. The predicted molar refractivity (Wildman–Crippen MR) is 69.9 cm³/mol. The van der Waals surface area contributed by atoms with Gasteiger partial charge in [0, 0.05) is 17.8 Å². The van der Waals surface area contributed by atoms with Crippen molar-refractivity contribution in [3.05, 3.63) is 47.7 Å². The van der Waals surface area contributed by atoms with E-state index in [9.17, 15) is 0 Å². The van der Waals surface area contributed by atoms with Crippen molar-refractivity contribution in [3.63, 3.8) is 0 Å². The molecule has 2 aromatic rings. The molecule has 94 valence electrons. The first kappa shape index (κ1) is 12.4. The van der Waals surface area contributed by atoms with Crippen LogP contribution in [0, 0.1) is 6.92 Å². The summed E-state index contributed by atoms with van der Waals surface area (Å²) in [5.74, 6) is 2.06. The highest BCUT2D eigenvalue weighted by Gasteiger charge is 2.06. The highest BCUT2D eigenvalue weighted by Crippen LogP contribution is 2.25. The van der Waals surface area contributed by atoms with Crippen molar-refractivity contribution in [2.24, 2.45) is 5.73 Å². The van der Waals surface area contributed by atoms with Crippen LogP contribution < -0.4 is 15.2 Å². The maximum atomic E-state index is 5.73. The Balaban J connectivity index is 2.24. The summed E-state index contributed by atoms with van der Waals surface area (Å²) < 4.78 is 10.8. The van der Waals surface area contributed by atoms with Crippen molar-refractivity contribution < 1.29 is 9.47 Å². The van der Waals surface area contributed by atoms with Crippen LogP contribution in [-0.2, 0) is 6.54 Å². The second-order valence-corrected chi connectivity index (χ2v) is 3.90. The van der Waals surface area contributed by atoms with E-state index in [1.807, 2.05) is 43.3 Å². The number of nitrogens with two attached hydrogens (primary N) is 1. The van der Waals surface area contributed by atoms with Crippen LogP contribution in [-0.4, -0.2) is 12.1 Å². The van der Waals surface area contributed by atoms with Gasteiger partial charge in [-0.3, -0.25) is 0 Å². The minimum absolute atomic E-state index is 0.402. The van der Waals surface area contributed by atoms with Crippen LogP contribution in [0.25, 0.3) is 0 Å². The molecule has 1 aromatic carbocycles. The van der Waals surface area contributed by atoms with Gasteiger partial charge in [-0.25, -0.2) is 4.98 Å². The molecular formula is C14H16N2O2. The van der Waals surface area contributed by atoms with Crippen LogP contribution in [0.4, 0.5) is 0 Å². The highest BCUT2D eigenvalue weighted by atomic mass is 16.5. The van der Waals surface area contributed by atoms with E-state index in [0.29, 0.717) is 18.2 Å². The summed E-state index contributed by atoms with van der Waals surface area (Å²) in [5.41, 5.74) is 7.44. The zero-order valence-electron chi connectivity index (χ0n) is 10.5. The quantitative estimate of drug-likeness (QED) is 0.898. The summed E-state index contributed by atoms with van der Waals surface area (Å²) in [6.07, 6.45) is 0. The molecule has 1 heterocycles. The number of hydrogen-bond acceptors (Lipinski definition) is 4. The van der Waals surface area contributed by atoms with Crippen molar-refractivity contribution in [3.8, 4) is 17.4 Å². The molecule has 0 fully saturated rings. The van der Waals surface area contributed by atoms with Crippen LogP contribution in [0.3, 0.4) is 0 Å². The van der Waals surface area contributed by atoms with E-state index >= 15 is 0 Å². The van der Waals surface area contributed by atoms with Gasteiger partial charge in [0.2, 0.25) is 5.88 Å². The molecule has 0 aliphatic heterocycles. The van der Waals surface area contributed by atoms with Gasteiger partial charge >= 0.3 is 0 Å². The molecule has 0 spiro atoms. The lowest BCUT2D eigenvalue weighted by Crippen LogP contribution is -2.02. The van der Waals surface area contributed by atoms with E-state index in [0.717, 1.165) is 17.0 Å². The van der Waals surface area contributed by atoms with Crippen molar-refractivity contribution >= 4 is 0 Å². The number of nitrogens with zero attached hydrogens (tertiary/aromatic N) is 1. The van der Waals surface area contributed by atoms with Crippen LogP contribution >= 0.6 is 0 Å². The molecule has 18 heavy (non-hydrogen) atoms. The largest absolute Gasteiger partial charge is 0.497 e. The number of pyridine rings is 1. The summed E-state index contributed by atoms with van der Waals surface area (Å²) in [7, 11) is 1.63. The Bertz CT molecular complexity index is 524. The summed E-state index contributed by atoms with van der Waals surface area (Å²) in [6.45, 7) is 2.32. The standard InChI is InChI=1S/C14H16N2O2/c1-10-3-4-11(9-15)14(16-10)18-13-7-5-12(17-2)6-8-13/h3-8H,9,15H2,1-2H3. The second kappa shape index (κ2) is 5.51. The molecule has 0 bridgehead atoms. The third-order valence-corrected chi connectivity index (χ3v) is 2.57. The molecular weight excluding hydrogens is 228 g/mol. The number of aromatic nitrogens is 1. The van der Waals surface area contributed by atoms with E-state index in [4.69, 9.17) is 15.2 Å². The van der Waals surface area contributed by atoms with Crippen LogP contribution in [0.1, 0.15) is 11.3 Å². The van der Waals surface area contributed by atoms with Crippen LogP contribution in [0.15, 0.2) is 36.4 Å². The van der Waals surface area contributed by atoms with E-state index < -0.39 is 0 Å². The van der Waals surface area contributed by atoms with Gasteiger partial charge < -0.3 is 15.2 Å². The summed E-state index contributed by atoms with van der Waals surface area (Å²) in [6, 6.07) is 11.2. The first-order valence-electron chi connectivity index (χ1n) is 5.71. The predicted octanol–water partition coefficient (Wildman–Crippen LogP) is 2.65. The molecule has 0 radical (unpaired) electrons. The summed E-state index contributed by atoms with van der Waals surface area (Å²) in [5, 5.41) is 0. The van der Waals surface area contributed by atoms with Gasteiger partial charge in [-0.05, 0) is 37.3 Å². The summed E-state index contributed by atoms with van der Waals surface area (Å²) in [4.78, 5) is 4.35. The minimum atomic E-state index is 0.402. The Morgan fingerprint density at radius 1 is 1.06 bits per heavy atom. The van der Waals surface area contributed by atoms with Gasteiger partial charge in [0.05, 0.1) is 7.11 Å². The monoisotopic (exact) mass is 244 g/mol. The number of hydrogen-bond donors (Lipinski definition) is 1. The number of rotatable bonds is 4. The van der Waals surface area contributed by atoms with Gasteiger partial charge in [-0.15, -0.1) is 0 Å². The second-order valence-electron chi connectivity index (χ2n) is 3.90. The average Bonchev–Trinajstić information content (AvgIpc) is 2.40. The molecule has 2 rings (SSSR count). The van der Waals surface area contributed by atoms with E-state index in [1.165, 1.54) is 0 Å². The lowest BCUT2D eigenvalue weighted by atomic mass is 10.2. The first-order chi connectivity index (χ1) is 8.72. The molecule has 0 amide bonds. The highest BCUT2D eigenvalue weighted by molar-refractivity contribution is 5.36. The van der Waals surface area contributed by atoms with Crippen molar-refractivity contribution in [1.29, 1.82) is 0 Å². The molecule has 0 saturated carbocycles. The maximum Gasteiger partial charge on any atom is 0.223 e. The van der Waals surface area contributed by atoms with Gasteiger partial charge in [0.25, 0.3) is 0 Å². The fourth-order valence-electron chi connectivity index (χ4n) is 1.56. The normalized spacial score (nSPS) is 10.2. The van der Waals surface area contributed by atoms with E-state index in [1.54, 1.807) is 7.11 Å². The molecule has 0 aliphatic rings. The maximum absolute atomic E-state index is 5.73. The smallest absolute Gasteiger partial charge is 0.223 e. The molecule has 0 unspecified atom stereocenters. The van der Waals surface area contributed by atoms with Gasteiger partial charge in [-0.2, -0.15) is 0 Å². The van der Waals surface area contributed by atoms with E-state index in [-0.39, 0.29) is 0 Å².